The Morgan fingerprint density at radius 1 is 1.31 bits per heavy atom. The van der Waals surface area contributed by atoms with Crippen molar-refractivity contribution < 1.29 is 21.6 Å². The van der Waals surface area contributed by atoms with Crippen LogP contribution in [-0.4, -0.2) is 51.3 Å². The molecule has 0 atom stereocenters. The molecule has 26 heavy (non-hydrogen) atoms. The van der Waals surface area contributed by atoms with E-state index in [0.717, 1.165) is 23.0 Å². The molecule has 0 aromatic carbocycles. The molecule has 0 aliphatic rings. The Labute approximate surface area is 172 Å². The molecule has 0 aliphatic carbocycles. The van der Waals surface area contributed by atoms with Crippen LogP contribution < -0.4 is 15.4 Å². The number of hydrogen-bond donors (Lipinski definition) is 3. The van der Waals surface area contributed by atoms with Crippen LogP contribution in [0, 0.1) is 0 Å². The number of aromatic nitrogens is 1. The van der Waals surface area contributed by atoms with Crippen LogP contribution in [0.3, 0.4) is 0 Å². The third kappa shape index (κ3) is 9.87. The average Bonchev–Trinajstić information content (AvgIpc) is 2.88. The zero-order chi connectivity index (χ0) is 19.3. The Bertz CT molecular complexity index is 705. The van der Waals surface area contributed by atoms with E-state index in [1.807, 2.05) is 0 Å². The van der Waals surface area contributed by atoms with Crippen LogP contribution in [0.2, 0.25) is 0 Å². The lowest BCUT2D eigenvalue weighted by Crippen LogP contribution is -2.53. The Morgan fingerprint density at radius 2 is 1.92 bits per heavy atom. The number of hydrogen-bond acceptors (Lipinski definition) is 5. The normalized spacial score (nSPS) is 13.3. The quantitative estimate of drug-likeness (QED) is 0.285. The van der Waals surface area contributed by atoms with E-state index < -0.39 is 27.4 Å². The van der Waals surface area contributed by atoms with E-state index >= 15 is 0 Å². The number of rotatable bonds is 7. The van der Waals surface area contributed by atoms with Crippen molar-refractivity contribution in [1.29, 1.82) is 0 Å². The highest BCUT2D eigenvalue weighted by Gasteiger charge is 2.33. The molecule has 3 N–H and O–H groups in total. The molecule has 0 radical (unpaired) electrons. The van der Waals surface area contributed by atoms with Crippen LogP contribution in [0.1, 0.15) is 24.5 Å². The van der Waals surface area contributed by atoms with Gasteiger partial charge in [-0.15, -0.1) is 35.3 Å². The van der Waals surface area contributed by atoms with Crippen LogP contribution in [0.4, 0.5) is 13.2 Å². The lowest BCUT2D eigenvalue weighted by Gasteiger charge is -2.26. The number of guanidine groups is 1. The molecule has 1 aromatic heterocycles. The third-order valence-corrected chi connectivity index (χ3v) is 4.69. The minimum Gasteiger partial charge on any atom is -0.356 e. The Balaban J connectivity index is 0.00000625. The second-order valence-electron chi connectivity index (χ2n) is 5.98. The lowest BCUT2D eigenvalue weighted by atomic mass is 10.1. The summed E-state index contributed by atoms with van der Waals surface area (Å²) in [5.74, 6) is 0.413. The molecule has 0 spiro atoms. The monoisotopic (exact) mass is 529 g/mol. The summed E-state index contributed by atoms with van der Waals surface area (Å²) in [6.07, 6.45) is -3.05. The van der Waals surface area contributed by atoms with Crippen molar-refractivity contribution in [2.45, 2.75) is 32.0 Å². The van der Waals surface area contributed by atoms with E-state index in [4.69, 9.17) is 0 Å². The number of nitrogens with zero attached hydrogens (tertiary/aromatic N) is 2. The molecular weight excluding hydrogens is 506 g/mol. The van der Waals surface area contributed by atoms with Crippen LogP contribution in [0.15, 0.2) is 10.4 Å². The first-order valence-corrected chi connectivity index (χ1v) is 10.0. The van der Waals surface area contributed by atoms with Crippen LogP contribution >= 0.6 is 35.3 Å². The van der Waals surface area contributed by atoms with E-state index in [-0.39, 0.29) is 30.5 Å². The number of thiazole rings is 1. The number of nitrogens with one attached hydrogen (secondary N) is 3. The van der Waals surface area contributed by atoms with Crippen LogP contribution in [0.5, 0.6) is 0 Å². The van der Waals surface area contributed by atoms with Gasteiger partial charge in [-0.05, 0) is 13.8 Å². The van der Waals surface area contributed by atoms with E-state index in [2.05, 4.69) is 25.3 Å². The molecule has 1 rings (SSSR count). The SMILES string of the molecule is CN=C(NCCc1nc(C(F)(F)F)cs1)NCC(C)(C)NS(C)(=O)=O.I. The molecule has 0 saturated heterocycles. The fraction of sp³-hybridized carbons (Fsp3) is 0.692. The van der Waals surface area contributed by atoms with Gasteiger partial charge in [0.25, 0.3) is 0 Å². The maximum atomic E-state index is 12.5. The maximum absolute atomic E-state index is 12.5. The molecule has 0 fully saturated rings. The number of aliphatic imine (C=N–C) groups is 1. The molecule has 7 nitrogen and oxygen atoms in total. The van der Waals surface area contributed by atoms with Gasteiger partial charge < -0.3 is 10.6 Å². The van der Waals surface area contributed by atoms with Crippen molar-refractivity contribution in [3.63, 3.8) is 0 Å². The molecule has 1 aromatic rings. The van der Waals surface area contributed by atoms with Gasteiger partial charge in [0.05, 0.1) is 11.3 Å². The number of sulfonamides is 1. The first-order chi connectivity index (χ1) is 11.3. The maximum Gasteiger partial charge on any atom is 0.434 e. The third-order valence-electron chi connectivity index (χ3n) is 2.86. The second kappa shape index (κ2) is 10.0. The largest absolute Gasteiger partial charge is 0.434 e. The zero-order valence-corrected chi connectivity index (χ0v) is 18.7. The van der Waals surface area contributed by atoms with Gasteiger partial charge in [0.2, 0.25) is 10.0 Å². The first-order valence-electron chi connectivity index (χ1n) is 7.27. The molecule has 0 saturated carbocycles. The van der Waals surface area contributed by atoms with E-state index in [1.165, 1.54) is 7.05 Å². The Kier molecular flexibility index (Phi) is 9.77. The van der Waals surface area contributed by atoms with Crippen molar-refractivity contribution in [1.82, 2.24) is 20.3 Å². The van der Waals surface area contributed by atoms with Gasteiger partial charge in [0.15, 0.2) is 11.7 Å². The minimum absolute atomic E-state index is 0. The zero-order valence-electron chi connectivity index (χ0n) is 14.8. The summed E-state index contributed by atoms with van der Waals surface area (Å²) < 4.78 is 62.5. The van der Waals surface area contributed by atoms with Gasteiger partial charge >= 0.3 is 6.18 Å². The van der Waals surface area contributed by atoms with Gasteiger partial charge in [-0.2, -0.15) is 13.2 Å². The van der Waals surface area contributed by atoms with Gasteiger partial charge in [-0.1, -0.05) is 0 Å². The fourth-order valence-corrected chi connectivity index (χ4v) is 3.79. The molecule has 1 heterocycles. The summed E-state index contributed by atoms with van der Waals surface area (Å²) in [5.41, 5.74) is -1.62. The van der Waals surface area contributed by atoms with Crippen molar-refractivity contribution >= 4 is 51.3 Å². The summed E-state index contributed by atoms with van der Waals surface area (Å²) in [7, 11) is -1.81. The first kappa shape index (κ1) is 25.3. The number of alkyl halides is 3. The molecule has 0 aliphatic heterocycles. The molecule has 0 unspecified atom stereocenters. The second-order valence-corrected chi connectivity index (χ2v) is 8.68. The van der Waals surface area contributed by atoms with Gasteiger partial charge in [-0.3, -0.25) is 4.99 Å². The summed E-state index contributed by atoms with van der Waals surface area (Å²) in [4.78, 5) is 7.53. The van der Waals surface area contributed by atoms with Gasteiger partial charge in [0, 0.05) is 37.5 Å². The van der Waals surface area contributed by atoms with Gasteiger partial charge in [0.1, 0.15) is 0 Å². The summed E-state index contributed by atoms with van der Waals surface area (Å²) in [6, 6.07) is 0. The Hall–Kier alpha value is -0.670. The van der Waals surface area contributed by atoms with Gasteiger partial charge in [-0.25, -0.2) is 18.1 Å². The van der Waals surface area contributed by atoms with Crippen LogP contribution in [-0.2, 0) is 22.6 Å². The Morgan fingerprint density at radius 3 is 2.38 bits per heavy atom. The van der Waals surface area contributed by atoms with E-state index in [1.54, 1.807) is 13.8 Å². The standard InChI is InChI=1S/C13H22F3N5O2S2.HI/c1-12(2,21-25(4,22)23)8-19-11(17-3)18-6-5-10-20-9(7-24-10)13(14,15)16;/h7,21H,5-6,8H2,1-4H3,(H2,17,18,19);1H. The predicted molar refractivity (Wildman–Crippen MR) is 108 cm³/mol. The topological polar surface area (TPSA) is 95.5 Å². The van der Waals surface area contributed by atoms with Crippen molar-refractivity contribution in [3.8, 4) is 0 Å². The van der Waals surface area contributed by atoms with Crippen molar-refractivity contribution in [2.75, 3.05) is 26.4 Å². The van der Waals surface area contributed by atoms with E-state index in [9.17, 15) is 21.6 Å². The minimum atomic E-state index is -4.43. The van der Waals surface area contributed by atoms with Crippen molar-refractivity contribution in [2.24, 2.45) is 4.99 Å². The lowest BCUT2D eigenvalue weighted by molar-refractivity contribution is -0.140. The number of halogens is 4. The fourth-order valence-electron chi connectivity index (χ4n) is 1.91. The highest BCUT2D eigenvalue weighted by atomic mass is 127. The van der Waals surface area contributed by atoms with E-state index in [0.29, 0.717) is 23.9 Å². The molecule has 0 bridgehead atoms. The molecule has 0 amide bonds. The summed E-state index contributed by atoms with van der Waals surface area (Å²) >= 11 is 0.952. The van der Waals surface area contributed by atoms with Crippen LogP contribution in [0.25, 0.3) is 0 Å². The van der Waals surface area contributed by atoms with Crippen molar-refractivity contribution in [3.05, 3.63) is 16.1 Å². The average molecular weight is 529 g/mol. The molecule has 152 valence electrons. The highest BCUT2D eigenvalue weighted by molar-refractivity contribution is 14.0. The summed E-state index contributed by atoms with van der Waals surface area (Å²) in [6.45, 7) is 4.03. The summed E-state index contributed by atoms with van der Waals surface area (Å²) in [5, 5.41) is 7.27. The molecular formula is C13H23F3IN5O2S2. The highest BCUT2D eigenvalue weighted by Crippen LogP contribution is 2.29. The smallest absolute Gasteiger partial charge is 0.356 e. The predicted octanol–water partition coefficient (Wildman–Crippen LogP) is 1.82. The molecule has 13 heteroatoms.